The number of aromatic nitrogens is 2. The van der Waals surface area contributed by atoms with Gasteiger partial charge in [0, 0.05) is 23.7 Å². The number of carbonyl (C=O) groups excluding carboxylic acids is 1. The van der Waals surface area contributed by atoms with Crippen molar-refractivity contribution in [1.29, 1.82) is 0 Å². The number of benzene rings is 1. The molecule has 3 aromatic rings. The second-order valence-electron chi connectivity index (χ2n) is 8.05. The highest BCUT2D eigenvalue weighted by Gasteiger charge is 2.40. The smallest absolute Gasteiger partial charge is 0.387 e. The zero-order chi connectivity index (χ0) is 23.8. The first-order valence-corrected chi connectivity index (χ1v) is 10.7. The van der Waals surface area contributed by atoms with E-state index in [-0.39, 0.29) is 29.6 Å². The second kappa shape index (κ2) is 9.15. The summed E-state index contributed by atoms with van der Waals surface area (Å²) >= 11 is 0. The number of alkyl halides is 3. The van der Waals surface area contributed by atoms with Crippen LogP contribution < -0.4 is 14.8 Å². The SMILES string of the molecule is COc1cc(-c2cnn3cc(C4COCCO4)ccc23)cc(OC(F)F)c1C(=O)N[C@@H]1C[C@@H]1F. The van der Waals surface area contributed by atoms with E-state index >= 15 is 0 Å². The van der Waals surface area contributed by atoms with Crippen molar-refractivity contribution in [3.05, 3.63) is 47.8 Å². The van der Waals surface area contributed by atoms with Crippen molar-refractivity contribution in [2.75, 3.05) is 26.9 Å². The average Bonchev–Trinajstić information content (AvgIpc) is 3.35. The number of halogens is 3. The molecule has 180 valence electrons. The minimum Gasteiger partial charge on any atom is -0.496 e. The molecule has 1 saturated heterocycles. The van der Waals surface area contributed by atoms with E-state index in [9.17, 15) is 18.0 Å². The molecule has 2 aromatic heterocycles. The van der Waals surface area contributed by atoms with Gasteiger partial charge in [-0.3, -0.25) is 4.79 Å². The molecular weight excluding hydrogens is 455 g/mol. The molecule has 34 heavy (non-hydrogen) atoms. The van der Waals surface area contributed by atoms with E-state index in [1.807, 2.05) is 18.3 Å². The largest absolute Gasteiger partial charge is 0.496 e. The molecule has 1 saturated carbocycles. The maximum absolute atomic E-state index is 13.3. The van der Waals surface area contributed by atoms with Gasteiger partial charge in [0.15, 0.2) is 0 Å². The molecule has 1 N–H and O–H groups in total. The minimum atomic E-state index is -3.18. The molecule has 2 fully saturated rings. The van der Waals surface area contributed by atoms with Crippen molar-refractivity contribution in [2.45, 2.75) is 31.3 Å². The van der Waals surface area contributed by atoms with Gasteiger partial charge in [0.05, 0.1) is 44.7 Å². The third-order valence-corrected chi connectivity index (χ3v) is 5.80. The quantitative estimate of drug-likeness (QED) is 0.561. The summed E-state index contributed by atoms with van der Waals surface area (Å²) in [4.78, 5) is 12.7. The van der Waals surface area contributed by atoms with Crippen LogP contribution >= 0.6 is 0 Å². The van der Waals surface area contributed by atoms with Gasteiger partial charge in [-0.15, -0.1) is 0 Å². The van der Waals surface area contributed by atoms with Gasteiger partial charge < -0.3 is 24.3 Å². The van der Waals surface area contributed by atoms with E-state index in [0.717, 1.165) is 5.56 Å². The van der Waals surface area contributed by atoms with E-state index in [4.69, 9.17) is 14.2 Å². The standard InChI is InChI=1S/C23H22F3N3O5/c1-31-18-6-13(7-19(34-23(25)26)21(18)22(30)28-16-8-15(16)24)14-9-27-29-10-12(2-3-17(14)29)20-11-32-4-5-33-20/h2-3,6-7,9-10,15-16,20,23H,4-5,8,11H2,1H3,(H,28,30)/t15-,16+,20?/m0/s1. The number of hydrogen-bond acceptors (Lipinski definition) is 6. The van der Waals surface area contributed by atoms with Crippen LogP contribution in [0.5, 0.6) is 11.5 Å². The highest BCUT2D eigenvalue weighted by molar-refractivity contribution is 6.01. The van der Waals surface area contributed by atoms with E-state index in [1.165, 1.54) is 19.2 Å². The molecule has 0 bridgehead atoms. The van der Waals surface area contributed by atoms with E-state index in [2.05, 4.69) is 15.2 Å². The molecule has 3 heterocycles. The molecule has 2 aliphatic rings. The first-order chi connectivity index (χ1) is 16.4. The number of nitrogens with zero attached hydrogens (tertiary/aromatic N) is 2. The zero-order valence-corrected chi connectivity index (χ0v) is 18.2. The molecule has 1 aliphatic carbocycles. The van der Waals surface area contributed by atoms with Crippen molar-refractivity contribution in [2.24, 2.45) is 0 Å². The van der Waals surface area contributed by atoms with Crippen LogP contribution in [0.3, 0.4) is 0 Å². The molecule has 1 aliphatic heterocycles. The van der Waals surface area contributed by atoms with Gasteiger partial charge in [-0.2, -0.15) is 13.9 Å². The Kier molecular flexibility index (Phi) is 6.05. The minimum absolute atomic E-state index is 0.0189. The highest BCUT2D eigenvalue weighted by Crippen LogP contribution is 2.38. The van der Waals surface area contributed by atoms with Gasteiger partial charge in [-0.1, -0.05) is 6.07 Å². The Morgan fingerprint density at radius 3 is 2.74 bits per heavy atom. The van der Waals surface area contributed by atoms with Gasteiger partial charge >= 0.3 is 6.61 Å². The molecule has 8 nitrogen and oxygen atoms in total. The lowest BCUT2D eigenvalue weighted by atomic mass is 10.0. The molecule has 1 aromatic carbocycles. The Morgan fingerprint density at radius 2 is 2.06 bits per heavy atom. The average molecular weight is 477 g/mol. The third-order valence-electron chi connectivity index (χ3n) is 5.80. The van der Waals surface area contributed by atoms with Crippen LogP contribution in [-0.2, 0) is 9.47 Å². The van der Waals surface area contributed by atoms with Crippen LogP contribution in [0, 0.1) is 0 Å². The van der Waals surface area contributed by atoms with Gasteiger partial charge in [0.2, 0.25) is 0 Å². The number of methoxy groups -OCH3 is 1. The first-order valence-electron chi connectivity index (χ1n) is 10.7. The lowest BCUT2D eigenvalue weighted by molar-refractivity contribution is -0.0903. The number of amides is 1. The molecule has 0 radical (unpaired) electrons. The second-order valence-corrected chi connectivity index (χ2v) is 8.05. The predicted molar refractivity (Wildman–Crippen MR) is 114 cm³/mol. The summed E-state index contributed by atoms with van der Waals surface area (Å²) in [6, 6.07) is 5.94. The Bertz CT molecular complexity index is 1210. The van der Waals surface area contributed by atoms with Gasteiger partial charge in [-0.25, -0.2) is 8.91 Å². The summed E-state index contributed by atoms with van der Waals surface area (Å²) in [5.74, 6) is -1.10. The summed E-state index contributed by atoms with van der Waals surface area (Å²) in [5, 5.41) is 6.85. The molecule has 0 spiro atoms. The maximum Gasteiger partial charge on any atom is 0.387 e. The summed E-state index contributed by atoms with van der Waals surface area (Å²) in [7, 11) is 1.31. The zero-order valence-electron chi connectivity index (χ0n) is 18.2. The molecule has 3 atom stereocenters. The Morgan fingerprint density at radius 1 is 1.26 bits per heavy atom. The summed E-state index contributed by atoms with van der Waals surface area (Å²) in [5.41, 5.74) is 2.43. The molecule has 1 unspecified atom stereocenters. The fourth-order valence-electron chi connectivity index (χ4n) is 3.97. The fraction of sp³-hybridized carbons (Fsp3) is 0.391. The number of carbonyl (C=O) groups is 1. The van der Waals surface area contributed by atoms with Crippen LogP contribution in [0.4, 0.5) is 13.2 Å². The van der Waals surface area contributed by atoms with Crippen molar-refractivity contribution < 1.29 is 36.9 Å². The van der Waals surface area contributed by atoms with Crippen molar-refractivity contribution >= 4 is 11.4 Å². The Labute approximate surface area is 192 Å². The van der Waals surface area contributed by atoms with Crippen LogP contribution in [0.2, 0.25) is 0 Å². The number of nitrogens with one attached hydrogen (secondary N) is 1. The number of ether oxygens (including phenoxy) is 4. The van der Waals surface area contributed by atoms with Crippen LogP contribution in [-0.4, -0.2) is 61.3 Å². The number of rotatable bonds is 7. The van der Waals surface area contributed by atoms with Gasteiger partial charge in [0.25, 0.3) is 5.91 Å². The Hall–Kier alpha value is -3.31. The van der Waals surface area contributed by atoms with Crippen molar-refractivity contribution in [3.63, 3.8) is 0 Å². The van der Waals surface area contributed by atoms with Crippen LogP contribution in [0.15, 0.2) is 36.7 Å². The van der Waals surface area contributed by atoms with Crippen molar-refractivity contribution in [3.8, 4) is 22.6 Å². The first kappa shape index (κ1) is 22.5. The Balaban J connectivity index is 1.53. The van der Waals surface area contributed by atoms with Gasteiger partial charge in [0.1, 0.15) is 29.3 Å². The third kappa shape index (κ3) is 4.40. The molecule has 5 rings (SSSR count). The monoisotopic (exact) mass is 477 g/mol. The molecular formula is C23H22F3N3O5. The lowest BCUT2D eigenvalue weighted by Gasteiger charge is -2.23. The van der Waals surface area contributed by atoms with Gasteiger partial charge in [-0.05, 0) is 23.8 Å². The molecule has 1 amide bonds. The molecule has 11 heteroatoms. The number of hydrogen-bond donors (Lipinski definition) is 1. The van der Waals surface area contributed by atoms with E-state index in [0.29, 0.717) is 36.5 Å². The number of pyridine rings is 1. The maximum atomic E-state index is 13.3. The van der Waals surface area contributed by atoms with Crippen molar-refractivity contribution in [1.82, 2.24) is 14.9 Å². The fourth-order valence-corrected chi connectivity index (χ4v) is 3.97. The lowest BCUT2D eigenvalue weighted by Crippen LogP contribution is -2.28. The predicted octanol–water partition coefficient (Wildman–Crippen LogP) is 3.54. The summed E-state index contributed by atoms with van der Waals surface area (Å²) < 4.78 is 62.5. The van der Waals surface area contributed by atoms with Crippen LogP contribution in [0.25, 0.3) is 16.6 Å². The van der Waals surface area contributed by atoms with E-state index < -0.39 is 24.7 Å². The highest BCUT2D eigenvalue weighted by atomic mass is 19.3. The summed E-state index contributed by atoms with van der Waals surface area (Å²) in [6.45, 7) is -1.67. The van der Waals surface area contributed by atoms with E-state index in [1.54, 1.807) is 10.7 Å². The topological polar surface area (TPSA) is 83.3 Å². The summed E-state index contributed by atoms with van der Waals surface area (Å²) in [6.07, 6.45) is 2.22. The number of fused-ring (bicyclic) bond motifs is 1. The normalized spacial score (nSPS) is 22.1. The van der Waals surface area contributed by atoms with Crippen LogP contribution in [0.1, 0.15) is 28.4 Å².